The van der Waals surface area contributed by atoms with Crippen molar-refractivity contribution in [2.45, 2.75) is 20.3 Å². The van der Waals surface area contributed by atoms with Gasteiger partial charge in [-0.05, 0) is 19.4 Å². The zero-order chi connectivity index (χ0) is 12.8. The standard InChI is InChI=1S/C11H18N4O2/c1-4-5-12-10(16)7-13-11(17)9-6-8(2)15(3)14-9/h6H,4-5,7H2,1-3H3,(H,12,16)(H,13,17). The van der Waals surface area contributed by atoms with Crippen LogP contribution in [0.2, 0.25) is 0 Å². The number of carbonyl (C=O) groups excluding carboxylic acids is 2. The van der Waals surface area contributed by atoms with Gasteiger partial charge >= 0.3 is 0 Å². The lowest BCUT2D eigenvalue weighted by Crippen LogP contribution is -2.37. The van der Waals surface area contributed by atoms with Crippen LogP contribution in [-0.4, -0.2) is 34.7 Å². The first-order valence-electron chi connectivity index (χ1n) is 5.60. The number of nitrogens with zero attached hydrogens (tertiary/aromatic N) is 2. The molecule has 6 heteroatoms. The molecule has 0 saturated carbocycles. The highest BCUT2D eigenvalue weighted by molar-refractivity contribution is 5.94. The Morgan fingerprint density at radius 3 is 2.65 bits per heavy atom. The lowest BCUT2D eigenvalue weighted by molar-refractivity contribution is -0.120. The Morgan fingerprint density at radius 2 is 2.12 bits per heavy atom. The van der Waals surface area contributed by atoms with E-state index in [4.69, 9.17) is 0 Å². The molecule has 1 aromatic heterocycles. The summed E-state index contributed by atoms with van der Waals surface area (Å²) >= 11 is 0. The molecular formula is C11H18N4O2. The molecule has 1 aromatic rings. The molecule has 0 bridgehead atoms. The minimum atomic E-state index is -0.333. The summed E-state index contributed by atoms with van der Waals surface area (Å²) in [6.45, 7) is 4.43. The average Bonchev–Trinajstić information content (AvgIpc) is 2.64. The summed E-state index contributed by atoms with van der Waals surface area (Å²) in [6.07, 6.45) is 0.874. The van der Waals surface area contributed by atoms with Gasteiger partial charge in [-0.15, -0.1) is 0 Å². The highest BCUT2D eigenvalue weighted by Crippen LogP contribution is 2.00. The summed E-state index contributed by atoms with van der Waals surface area (Å²) in [6, 6.07) is 1.68. The molecule has 6 nitrogen and oxygen atoms in total. The topological polar surface area (TPSA) is 76.0 Å². The van der Waals surface area contributed by atoms with E-state index in [2.05, 4.69) is 15.7 Å². The minimum Gasteiger partial charge on any atom is -0.355 e. The van der Waals surface area contributed by atoms with Gasteiger partial charge in [0.25, 0.3) is 5.91 Å². The molecule has 0 aliphatic rings. The van der Waals surface area contributed by atoms with E-state index in [-0.39, 0.29) is 18.4 Å². The van der Waals surface area contributed by atoms with E-state index in [0.717, 1.165) is 12.1 Å². The molecule has 94 valence electrons. The van der Waals surface area contributed by atoms with Gasteiger partial charge < -0.3 is 10.6 Å². The Kier molecular flexibility index (Phi) is 4.68. The third kappa shape index (κ3) is 3.90. The molecular weight excluding hydrogens is 220 g/mol. The van der Waals surface area contributed by atoms with Crippen molar-refractivity contribution in [3.05, 3.63) is 17.5 Å². The third-order valence-corrected chi connectivity index (χ3v) is 2.33. The van der Waals surface area contributed by atoms with E-state index in [9.17, 15) is 9.59 Å². The Balaban J connectivity index is 2.42. The molecule has 0 fully saturated rings. The maximum absolute atomic E-state index is 11.6. The molecule has 0 aliphatic carbocycles. The van der Waals surface area contributed by atoms with Gasteiger partial charge in [0, 0.05) is 19.3 Å². The molecule has 0 saturated heterocycles. The Labute approximate surface area is 100 Å². The van der Waals surface area contributed by atoms with Crippen molar-refractivity contribution in [3.8, 4) is 0 Å². The first kappa shape index (κ1) is 13.2. The highest BCUT2D eigenvalue weighted by atomic mass is 16.2. The fourth-order valence-corrected chi connectivity index (χ4v) is 1.25. The zero-order valence-corrected chi connectivity index (χ0v) is 10.4. The first-order valence-corrected chi connectivity index (χ1v) is 5.60. The number of amides is 2. The molecule has 1 heterocycles. The summed E-state index contributed by atoms with van der Waals surface area (Å²) in [7, 11) is 1.76. The summed E-state index contributed by atoms with van der Waals surface area (Å²) in [5.74, 6) is -0.520. The van der Waals surface area contributed by atoms with Gasteiger partial charge in [0.05, 0.1) is 6.54 Å². The number of hydrogen-bond donors (Lipinski definition) is 2. The fourth-order valence-electron chi connectivity index (χ4n) is 1.25. The maximum Gasteiger partial charge on any atom is 0.272 e. The highest BCUT2D eigenvalue weighted by Gasteiger charge is 2.11. The Hall–Kier alpha value is -1.85. The van der Waals surface area contributed by atoms with Crippen LogP contribution in [0.1, 0.15) is 29.5 Å². The second-order valence-electron chi connectivity index (χ2n) is 3.83. The number of aromatic nitrogens is 2. The molecule has 2 N–H and O–H groups in total. The molecule has 0 aliphatic heterocycles. The molecule has 2 amide bonds. The van der Waals surface area contributed by atoms with Crippen molar-refractivity contribution < 1.29 is 9.59 Å². The zero-order valence-electron chi connectivity index (χ0n) is 10.4. The number of rotatable bonds is 5. The average molecular weight is 238 g/mol. The maximum atomic E-state index is 11.6. The summed E-state index contributed by atoms with van der Waals surface area (Å²) in [4.78, 5) is 22.9. The van der Waals surface area contributed by atoms with Crippen molar-refractivity contribution >= 4 is 11.8 Å². The van der Waals surface area contributed by atoms with Crippen LogP contribution in [-0.2, 0) is 11.8 Å². The monoisotopic (exact) mass is 238 g/mol. The van der Waals surface area contributed by atoms with Crippen LogP contribution in [0.3, 0.4) is 0 Å². The lowest BCUT2D eigenvalue weighted by Gasteiger charge is -2.04. The minimum absolute atomic E-state index is 0.0194. The van der Waals surface area contributed by atoms with Crippen LogP contribution in [0.15, 0.2) is 6.07 Å². The Morgan fingerprint density at radius 1 is 1.41 bits per heavy atom. The van der Waals surface area contributed by atoms with Gasteiger partial charge in [-0.2, -0.15) is 5.10 Å². The van der Waals surface area contributed by atoms with Gasteiger partial charge in [0.15, 0.2) is 0 Å². The molecule has 0 aromatic carbocycles. The molecule has 17 heavy (non-hydrogen) atoms. The first-order chi connectivity index (χ1) is 8.04. The van der Waals surface area contributed by atoms with Crippen LogP contribution >= 0.6 is 0 Å². The largest absolute Gasteiger partial charge is 0.355 e. The van der Waals surface area contributed by atoms with E-state index in [1.54, 1.807) is 17.8 Å². The molecule has 0 spiro atoms. The predicted molar refractivity (Wildman–Crippen MR) is 63.6 cm³/mol. The number of nitrogens with one attached hydrogen (secondary N) is 2. The normalized spacial score (nSPS) is 10.1. The Bertz CT molecular complexity index is 392. The lowest BCUT2D eigenvalue weighted by atomic mass is 10.3. The fraction of sp³-hybridized carbons (Fsp3) is 0.545. The van der Waals surface area contributed by atoms with Crippen LogP contribution in [0.5, 0.6) is 0 Å². The van der Waals surface area contributed by atoms with Crippen LogP contribution < -0.4 is 10.6 Å². The summed E-state index contributed by atoms with van der Waals surface area (Å²) in [5.41, 5.74) is 1.22. The number of aryl methyl sites for hydroxylation is 2. The van der Waals surface area contributed by atoms with Crippen molar-refractivity contribution in [3.63, 3.8) is 0 Å². The van der Waals surface area contributed by atoms with E-state index >= 15 is 0 Å². The van der Waals surface area contributed by atoms with Crippen molar-refractivity contribution in [1.29, 1.82) is 0 Å². The third-order valence-electron chi connectivity index (χ3n) is 2.33. The van der Waals surface area contributed by atoms with E-state index in [0.29, 0.717) is 12.2 Å². The number of carbonyl (C=O) groups is 2. The predicted octanol–water partition coefficient (Wildman–Crippen LogP) is -0.0155. The van der Waals surface area contributed by atoms with Crippen LogP contribution in [0.25, 0.3) is 0 Å². The molecule has 0 unspecified atom stereocenters. The van der Waals surface area contributed by atoms with Crippen molar-refractivity contribution in [2.75, 3.05) is 13.1 Å². The van der Waals surface area contributed by atoms with Gasteiger partial charge in [-0.25, -0.2) is 0 Å². The molecule has 1 rings (SSSR count). The summed E-state index contributed by atoms with van der Waals surface area (Å²) < 4.78 is 1.62. The second kappa shape index (κ2) is 6.03. The molecule has 0 radical (unpaired) electrons. The number of hydrogen-bond acceptors (Lipinski definition) is 3. The van der Waals surface area contributed by atoms with Crippen molar-refractivity contribution in [2.24, 2.45) is 7.05 Å². The smallest absolute Gasteiger partial charge is 0.272 e. The van der Waals surface area contributed by atoms with E-state index < -0.39 is 0 Å². The SMILES string of the molecule is CCCNC(=O)CNC(=O)c1cc(C)n(C)n1. The van der Waals surface area contributed by atoms with Gasteiger partial charge in [-0.1, -0.05) is 6.92 Å². The van der Waals surface area contributed by atoms with Crippen LogP contribution in [0, 0.1) is 6.92 Å². The molecule has 0 atom stereocenters. The van der Waals surface area contributed by atoms with Gasteiger partial charge in [0.2, 0.25) is 5.91 Å². The van der Waals surface area contributed by atoms with Gasteiger partial charge in [0.1, 0.15) is 5.69 Å². The van der Waals surface area contributed by atoms with Crippen molar-refractivity contribution in [1.82, 2.24) is 20.4 Å². The summed E-state index contributed by atoms with van der Waals surface area (Å²) in [5, 5.41) is 9.22. The van der Waals surface area contributed by atoms with E-state index in [1.807, 2.05) is 13.8 Å². The van der Waals surface area contributed by atoms with Crippen LogP contribution in [0.4, 0.5) is 0 Å². The van der Waals surface area contributed by atoms with E-state index in [1.165, 1.54) is 0 Å². The quantitative estimate of drug-likeness (QED) is 0.757. The second-order valence-corrected chi connectivity index (χ2v) is 3.83. The van der Waals surface area contributed by atoms with Gasteiger partial charge in [-0.3, -0.25) is 14.3 Å².